The lowest BCUT2D eigenvalue weighted by Gasteiger charge is -2.23. The zero-order chi connectivity index (χ0) is 7.47. The van der Waals surface area contributed by atoms with E-state index in [9.17, 15) is 5.11 Å². The van der Waals surface area contributed by atoms with Crippen molar-refractivity contribution in [2.75, 3.05) is 0 Å². The first-order chi connectivity index (χ1) is 5.30. The summed E-state index contributed by atoms with van der Waals surface area (Å²) < 4.78 is 0. The van der Waals surface area contributed by atoms with Crippen molar-refractivity contribution < 1.29 is 5.11 Å². The van der Waals surface area contributed by atoms with Crippen LogP contribution in [0.15, 0.2) is 0 Å². The van der Waals surface area contributed by atoms with Crippen LogP contribution in [0, 0.1) is 17.8 Å². The van der Waals surface area contributed by atoms with Crippen LogP contribution in [-0.4, -0.2) is 10.7 Å². The van der Waals surface area contributed by atoms with Gasteiger partial charge in [-0.2, -0.15) is 0 Å². The van der Waals surface area contributed by atoms with Crippen molar-refractivity contribution in [3.05, 3.63) is 0 Å². The smallest absolute Gasteiger partial charge is 0.0681 e. The molecule has 0 radical (unpaired) electrons. The van der Waals surface area contributed by atoms with E-state index in [1.807, 2.05) is 0 Å². The molecular weight excluding hydrogens is 136 g/mol. The van der Waals surface area contributed by atoms with Gasteiger partial charge in [0.15, 0.2) is 0 Å². The standard InChI is InChI=1S/C10H16O/c11-10-5-3-7-1-2-8(4-6-10)9(7)10/h7-9,11H,1-6H2/t7-,8-,9?,10?/m1/s1. The van der Waals surface area contributed by atoms with Crippen LogP contribution in [0.3, 0.4) is 0 Å². The Labute approximate surface area is 67.8 Å². The SMILES string of the molecule is OC12CC[C@H]3CC[C@H](CC1)C32. The van der Waals surface area contributed by atoms with Crippen LogP contribution in [0.2, 0.25) is 0 Å². The molecule has 11 heavy (non-hydrogen) atoms. The molecule has 0 aromatic heterocycles. The highest BCUT2D eigenvalue weighted by Gasteiger charge is 2.57. The van der Waals surface area contributed by atoms with Gasteiger partial charge < -0.3 is 5.11 Å². The van der Waals surface area contributed by atoms with Crippen molar-refractivity contribution >= 4 is 0 Å². The Morgan fingerprint density at radius 2 is 1.45 bits per heavy atom. The predicted molar refractivity (Wildman–Crippen MR) is 43.1 cm³/mol. The maximum absolute atomic E-state index is 10.2. The van der Waals surface area contributed by atoms with Crippen molar-refractivity contribution in [1.29, 1.82) is 0 Å². The van der Waals surface area contributed by atoms with E-state index in [2.05, 4.69) is 0 Å². The summed E-state index contributed by atoms with van der Waals surface area (Å²) in [6.45, 7) is 0. The van der Waals surface area contributed by atoms with Gasteiger partial charge in [0.25, 0.3) is 0 Å². The molecule has 0 bridgehead atoms. The van der Waals surface area contributed by atoms with Crippen LogP contribution < -0.4 is 0 Å². The van der Waals surface area contributed by atoms with Crippen LogP contribution in [0.1, 0.15) is 38.5 Å². The van der Waals surface area contributed by atoms with Gasteiger partial charge in [0.1, 0.15) is 0 Å². The Kier molecular flexibility index (Phi) is 1.07. The molecule has 1 nitrogen and oxygen atoms in total. The molecule has 0 aromatic rings. The highest BCUT2D eigenvalue weighted by molar-refractivity contribution is 5.07. The van der Waals surface area contributed by atoms with E-state index >= 15 is 0 Å². The maximum Gasteiger partial charge on any atom is 0.0681 e. The predicted octanol–water partition coefficient (Wildman–Crippen LogP) is 1.95. The minimum Gasteiger partial charge on any atom is -0.390 e. The van der Waals surface area contributed by atoms with Gasteiger partial charge in [0.2, 0.25) is 0 Å². The Balaban J connectivity index is 2.00. The molecule has 1 N–H and O–H groups in total. The summed E-state index contributed by atoms with van der Waals surface area (Å²) in [7, 11) is 0. The molecule has 0 aliphatic heterocycles. The van der Waals surface area contributed by atoms with Gasteiger partial charge in [-0.3, -0.25) is 0 Å². The summed E-state index contributed by atoms with van der Waals surface area (Å²) >= 11 is 0. The van der Waals surface area contributed by atoms with Gasteiger partial charge in [0.05, 0.1) is 5.60 Å². The Morgan fingerprint density at radius 1 is 0.909 bits per heavy atom. The van der Waals surface area contributed by atoms with Gasteiger partial charge in [0, 0.05) is 0 Å². The van der Waals surface area contributed by atoms with Crippen LogP contribution in [0.4, 0.5) is 0 Å². The fourth-order valence-corrected chi connectivity index (χ4v) is 4.03. The van der Waals surface area contributed by atoms with Crippen molar-refractivity contribution in [3.8, 4) is 0 Å². The highest BCUT2D eigenvalue weighted by atomic mass is 16.3. The van der Waals surface area contributed by atoms with Gasteiger partial charge in [-0.1, -0.05) is 0 Å². The molecule has 62 valence electrons. The van der Waals surface area contributed by atoms with E-state index in [1.54, 1.807) is 0 Å². The number of aliphatic hydroxyl groups is 1. The summed E-state index contributed by atoms with van der Waals surface area (Å²) in [5, 5.41) is 10.2. The summed E-state index contributed by atoms with van der Waals surface area (Å²) in [5.74, 6) is 2.54. The molecule has 3 fully saturated rings. The zero-order valence-corrected chi connectivity index (χ0v) is 6.92. The second-order valence-corrected chi connectivity index (χ2v) is 4.80. The van der Waals surface area contributed by atoms with E-state index in [-0.39, 0.29) is 5.60 Å². The highest BCUT2D eigenvalue weighted by Crippen LogP contribution is 2.60. The van der Waals surface area contributed by atoms with Crippen molar-refractivity contribution in [2.45, 2.75) is 44.1 Å². The summed E-state index contributed by atoms with van der Waals surface area (Å²) in [6.07, 6.45) is 7.68. The molecule has 3 aliphatic carbocycles. The minimum atomic E-state index is -0.189. The van der Waals surface area contributed by atoms with Crippen LogP contribution in [0.25, 0.3) is 0 Å². The van der Waals surface area contributed by atoms with E-state index in [4.69, 9.17) is 0 Å². The van der Waals surface area contributed by atoms with Crippen LogP contribution in [0.5, 0.6) is 0 Å². The average Bonchev–Trinajstić information content (AvgIpc) is 2.54. The molecule has 3 rings (SSSR count). The van der Waals surface area contributed by atoms with Crippen LogP contribution >= 0.6 is 0 Å². The van der Waals surface area contributed by atoms with Gasteiger partial charge in [-0.15, -0.1) is 0 Å². The fraction of sp³-hybridized carbons (Fsp3) is 1.00. The zero-order valence-electron chi connectivity index (χ0n) is 6.92. The number of hydrogen-bond donors (Lipinski definition) is 1. The minimum absolute atomic E-state index is 0.189. The largest absolute Gasteiger partial charge is 0.390 e. The van der Waals surface area contributed by atoms with Crippen molar-refractivity contribution in [1.82, 2.24) is 0 Å². The molecular formula is C10H16O. The Bertz CT molecular complexity index is 171. The second kappa shape index (κ2) is 1.82. The van der Waals surface area contributed by atoms with Gasteiger partial charge in [-0.05, 0) is 56.3 Å². The molecule has 0 heterocycles. The van der Waals surface area contributed by atoms with E-state index in [0.717, 1.165) is 30.6 Å². The summed E-state index contributed by atoms with van der Waals surface area (Å²) in [6, 6.07) is 0. The third kappa shape index (κ3) is 0.658. The quantitative estimate of drug-likeness (QED) is 0.562. The lowest BCUT2D eigenvalue weighted by molar-refractivity contribution is 0.0130. The first kappa shape index (κ1) is 6.47. The monoisotopic (exact) mass is 152 g/mol. The van der Waals surface area contributed by atoms with Crippen molar-refractivity contribution in [3.63, 3.8) is 0 Å². The number of hydrogen-bond acceptors (Lipinski definition) is 1. The Morgan fingerprint density at radius 3 is 2.00 bits per heavy atom. The maximum atomic E-state index is 10.2. The number of rotatable bonds is 0. The summed E-state index contributed by atoms with van der Waals surface area (Å²) in [4.78, 5) is 0. The lowest BCUT2D eigenvalue weighted by Crippen LogP contribution is -2.29. The van der Waals surface area contributed by atoms with Crippen molar-refractivity contribution in [2.24, 2.45) is 17.8 Å². The molecule has 2 atom stereocenters. The molecule has 3 aliphatic rings. The third-order valence-corrected chi connectivity index (χ3v) is 4.44. The van der Waals surface area contributed by atoms with Gasteiger partial charge >= 0.3 is 0 Å². The fourth-order valence-electron chi connectivity index (χ4n) is 4.03. The topological polar surface area (TPSA) is 20.2 Å². The van der Waals surface area contributed by atoms with E-state index < -0.39 is 0 Å². The molecule has 1 heteroatoms. The normalized spacial score (nSPS) is 60.3. The second-order valence-electron chi connectivity index (χ2n) is 4.80. The Hall–Kier alpha value is -0.0400. The molecule has 3 saturated carbocycles. The van der Waals surface area contributed by atoms with E-state index in [1.165, 1.54) is 25.7 Å². The van der Waals surface area contributed by atoms with E-state index in [0.29, 0.717) is 0 Å². The van der Waals surface area contributed by atoms with Gasteiger partial charge in [-0.25, -0.2) is 0 Å². The summed E-state index contributed by atoms with van der Waals surface area (Å²) in [5.41, 5.74) is -0.189. The first-order valence-electron chi connectivity index (χ1n) is 5.02. The molecule has 0 unspecified atom stereocenters. The molecule has 0 saturated heterocycles. The molecule has 0 amide bonds. The molecule has 0 spiro atoms. The first-order valence-corrected chi connectivity index (χ1v) is 5.02. The molecule has 0 aromatic carbocycles. The van der Waals surface area contributed by atoms with Crippen LogP contribution in [-0.2, 0) is 0 Å². The third-order valence-electron chi connectivity index (χ3n) is 4.44. The lowest BCUT2D eigenvalue weighted by atomic mass is 9.89. The average molecular weight is 152 g/mol.